The van der Waals surface area contributed by atoms with E-state index in [2.05, 4.69) is 31.1 Å². The number of hydrogen-bond donors (Lipinski definition) is 1. The highest BCUT2D eigenvalue weighted by atomic mass is 16.5. The normalized spacial score (nSPS) is 27.2. The lowest BCUT2D eigenvalue weighted by Crippen LogP contribution is -2.54. The van der Waals surface area contributed by atoms with Crippen LogP contribution in [0.15, 0.2) is 0 Å². The zero-order valence-corrected chi connectivity index (χ0v) is 14.7. The number of ether oxygens (including phenoxy) is 1. The van der Waals surface area contributed by atoms with E-state index in [1.54, 1.807) is 0 Å². The second-order valence-corrected chi connectivity index (χ2v) is 6.85. The number of esters is 1. The molecule has 4 heteroatoms. The van der Waals surface area contributed by atoms with Gasteiger partial charge in [-0.05, 0) is 60.0 Å². The first kappa shape index (κ1) is 18.4. The Labute approximate surface area is 130 Å². The van der Waals surface area contributed by atoms with Crippen molar-refractivity contribution in [2.45, 2.75) is 77.4 Å². The SMILES string of the molecule is CCOC(=O)C(C)(CC(C)N(C)C1CCCCC1C)NC. The molecule has 21 heavy (non-hydrogen) atoms. The summed E-state index contributed by atoms with van der Waals surface area (Å²) in [6.07, 6.45) is 6.05. The Balaban J connectivity index is 2.68. The summed E-state index contributed by atoms with van der Waals surface area (Å²) < 4.78 is 5.23. The summed E-state index contributed by atoms with van der Waals surface area (Å²) in [4.78, 5) is 14.7. The number of rotatable bonds is 7. The average Bonchev–Trinajstić information content (AvgIpc) is 2.47. The highest BCUT2D eigenvalue weighted by Gasteiger charge is 2.37. The van der Waals surface area contributed by atoms with Gasteiger partial charge >= 0.3 is 5.97 Å². The summed E-state index contributed by atoms with van der Waals surface area (Å²) in [6, 6.07) is 0.981. The van der Waals surface area contributed by atoms with Gasteiger partial charge in [0, 0.05) is 12.1 Å². The molecule has 1 saturated carbocycles. The molecule has 0 radical (unpaired) electrons. The van der Waals surface area contributed by atoms with E-state index in [0.717, 1.165) is 12.3 Å². The standard InChI is InChI=1S/C17H34N2O2/c1-7-21-16(20)17(4,18-5)12-14(3)19(6)15-11-9-8-10-13(15)2/h13-15,18H,7-12H2,1-6H3. The molecule has 1 aliphatic rings. The second-order valence-electron chi connectivity index (χ2n) is 6.85. The predicted octanol–water partition coefficient (Wildman–Crippen LogP) is 2.82. The molecular formula is C17H34N2O2. The van der Waals surface area contributed by atoms with Gasteiger partial charge < -0.3 is 15.0 Å². The van der Waals surface area contributed by atoms with Gasteiger partial charge in [-0.25, -0.2) is 0 Å². The maximum absolute atomic E-state index is 12.2. The third-order valence-corrected chi connectivity index (χ3v) is 5.27. The van der Waals surface area contributed by atoms with Crippen molar-refractivity contribution in [1.29, 1.82) is 0 Å². The first-order valence-electron chi connectivity index (χ1n) is 8.43. The van der Waals surface area contributed by atoms with Crippen LogP contribution >= 0.6 is 0 Å². The quantitative estimate of drug-likeness (QED) is 0.734. The number of nitrogens with one attached hydrogen (secondary N) is 1. The minimum Gasteiger partial charge on any atom is -0.465 e. The lowest BCUT2D eigenvalue weighted by Gasteiger charge is -2.42. The summed E-state index contributed by atoms with van der Waals surface area (Å²) in [5.74, 6) is 0.596. The van der Waals surface area contributed by atoms with Crippen molar-refractivity contribution in [1.82, 2.24) is 10.2 Å². The molecule has 4 nitrogen and oxygen atoms in total. The maximum Gasteiger partial charge on any atom is 0.326 e. The molecule has 1 fully saturated rings. The Bertz CT molecular complexity index is 335. The summed E-state index contributed by atoms with van der Waals surface area (Å²) in [5.41, 5.74) is -0.610. The van der Waals surface area contributed by atoms with Crippen molar-refractivity contribution in [2.24, 2.45) is 5.92 Å². The molecule has 0 heterocycles. The molecule has 1 N–H and O–H groups in total. The summed E-state index contributed by atoms with van der Waals surface area (Å²) in [6.45, 7) is 8.80. The fraction of sp³-hybridized carbons (Fsp3) is 0.941. The van der Waals surface area contributed by atoms with E-state index in [0.29, 0.717) is 18.7 Å². The van der Waals surface area contributed by atoms with E-state index in [1.165, 1.54) is 25.7 Å². The molecule has 0 aliphatic heterocycles. The molecular weight excluding hydrogens is 264 g/mol. The summed E-state index contributed by atoms with van der Waals surface area (Å²) >= 11 is 0. The Hall–Kier alpha value is -0.610. The molecule has 4 unspecified atom stereocenters. The lowest BCUT2D eigenvalue weighted by molar-refractivity contribution is -0.151. The van der Waals surface area contributed by atoms with Gasteiger partial charge in [0.25, 0.3) is 0 Å². The Morgan fingerprint density at radius 1 is 1.43 bits per heavy atom. The molecule has 0 aromatic carbocycles. The first-order valence-corrected chi connectivity index (χ1v) is 8.43. The van der Waals surface area contributed by atoms with Crippen molar-refractivity contribution < 1.29 is 9.53 Å². The van der Waals surface area contributed by atoms with Crippen LogP contribution in [0, 0.1) is 5.92 Å². The first-order chi connectivity index (χ1) is 9.85. The fourth-order valence-electron chi connectivity index (χ4n) is 3.54. The van der Waals surface area contributed by atoms with Crippen molar-refractivity contribution in [3.05, 3.63) is 0 Å². The molecule has 0 aromatic rings. The maximum atomic E-state index is 12.2. The number of carbonyl (C=O) groups excluding carboxylic acids is 1. The Morgan fingerprint density at radius 3 is 2.57 bits per heavy atom. The molecule has 0 bridgehead atoms. The van der Waals surface area contributed by atoms with Crippen LogP contribution in [0.5, 0.6) is 0 Å². The minimum absolute atomic E-state index is 0.149. The third-order valence-electron chi connectivity index (χ3n) is 5.27. The minimum atomic E-state index is -0.610. The van der Waals surface area contributed by atoms with E-state index in [-0.39, 0.29) is 5.97 Å². The smallest absolute Gasteiger partial charge is 0.326 e. The van der Waals surface area contributed by atoms with E-state index in [1.807, 2.05) is 20.9 Å². The molecule has 124 valence electrons. The Morgan fingerprint density at radius 2 is 2.05 bits per heavy atom. The van der Waals surface area contributed by atoms with Crippen LogP contribution in [-0.4, -0.2) is 49.2 Å². The molecule has 0 aromatic heterocycles. The van der Waals surface area contributed by atoms with Crippen LogP contribution < -0.4 is 5.32 Å². The van der Waals surface area contributed by atoms with Gasteiger partial charge in [-0.1, -0.05) is 19.8 Å². The van der Waals surface area contributed by atoms with Gasteiger partial charge in [0.2, 0.25) is 0 Å². The lowest BCUT2D eigenvalue weighted by atomic mass is 9.83. The highest BCUT2D eigenvalue weighted by molar-refractivity contribution is 5.80. The van der Waals surface area contributed by atoms with Crippen LogP contribution in [-0.2, 0) is 9.53 Å². The van der Waals surface area contributed by atoms with E-state index in [9.17, 15) is 4.79 Å². The van der Waals surface area contributed by atoms with Gasteiger partial charge in [-0.15, -0.1) is 0 Å². The Kier molecular flexibility index (Phi) is 7.14. The molecule has 0 spiro atoms. The van der Waals surface area contributed by atoms with Crippen LogP contribution in [0.1, 0.15) is 59.8 Å². The number of likely N-dealkylation sites (N-methyl/N-ethyl adjacent to an activating group) is 1. The third kappa shape index (κ3) is 4.68. The monoisotopic (exact) mass is 298 g/mol. The van der Waals surface area contributed by atoms with Crippen molar-refractivity contribution in [3.8, 4) is 0 Å². The molecule has 1 aliphatic carbocycles. The van der Waals surface area contributed by atoms with Gasteiger partial charge in [-0.3, -0.25) is 4.79 Å². The number of nitrogens with zero attached hydrogens (tertiary/aromatic N) is 1. The van der Waals surface area contributed by atoms with Crippen LogP contribution in [0.2, 0.25) is 0 Å². The van der Waals surface area contributed by atoms with Crippen molar-refractivity contribution in [2.75, 3.05) is 20.7 Å². The number of hydrogen-bond acceptors (Lipinski definition) is 4. The van der Waals surface area contributed by atoms with Crippen LogP contribution in [0.3, 0.4) is 0 Å². The highest BCUT2D eigenvalue weighted by Crippen LogP contribution is 2.30. The largest absolute Gasteiger partial charge is 0.465 e. The van der Waals surface area contributed by atoms with Gasteiger partial charge in [0.05, 0.1) is 6.61 Å². The molecule has 1 rings (SSSR count). The topological polar surface area (TPSA) is 41.6 Å². The molecule has 4 atom stereocenters. The van der Waals surface area contributed by atoms with E-state index >= 15 is 0 Å². The zero-order chi connectivity index (χ0) is 16.0. The van der Waals surface area contributed by atoms with Gasteiger partial charge in [-0.2, -0.15) is 0 Å². The van der Waals surface area contributed by atoms with Gasteiger partial charge in [0.1, 0.15) is 5.54 Å². The van der Waals surface area contributed by atoms with Crippen molar-refractivity contribution in [3.63, 3.8) is 0 Å². The fourth-order valence-corrected chi connectivity index (χ4v) is 3.54. The summed E-state index contributed by atoms with van der Waals surface area (Å²) in [7, 11) is 4.05. The van der Waals surface area contributed by atoms with Crippen LogP contribution in [0.4, 0.5) is 0 Å². The van der Waals surface area contributed by atoms with Gasteiger partial charge in [0.15, 0.2) is 0 Å². The molecule has 0 saturated heterocycles. The van der Waals surface area contributed by atoms with Crippen LogP contribution in [0.25, 0.3) is 0 Å². The van der Waals surface area contributed by atoms with Crippen molar-refractivity contribution >= 4 is 5.97 Å². The molecule has 0 amide bonds. The summed E-state index contributed by atoms with van der Waals surface area (Å²) in [5, 5.41) is 3.16. The average molecular weight is 298 g/mol. The van der Waals surface area contributed by atoms with E-state index < -0.39 is 5.54 Å². The predicted molar refractivity (Wildman–Crippen MR) is 87.4 cm³/mol. The number of carbonyl (C=O) groups is 1. The zero-order valence-electron chi connectivity index (χ0n) is 14.7. The van der Waals surface area contributed by atoms with E-state index in [4.69, 9.17) is 4.74 Å². The second kappa shape index (κ2) is 8.14.